The van der Waals surface area contributed by atoms with E-state index in [1.165, 1.54) is 0 Å². The summed E-state index contributed by atoms with van der Waals surface area (Å²) in [4.78, 5) is 6.56. The Kier molecular flexibility index (Phi) is 3.58. The van der Waals surface area contributed by atoms with Gasteiger partial charge in [-0.3, -0.25) is 4.98 Å². The van der Waals surface area contributed by atoms with Gasteiger partial charge in [0.1, 0.15) is 0 Å². The highest BCUT2D eigenvalue weighted by atomic mass is 16.5. The first-order valence-electron chi connectivity index (χ1n) is 6.74. The van der Waals surface area contributed by atoms with Gasteiger partial charge in [0.05, 0.1) is 17.8 Å². The van der Waals surface area contributed by atoms with E-state index in [-0.39, 0.29) is 17.8 Å². The minimum absolute atomic E-state index is 0.0147. The molecule has 4 nitrogen and oxygen atoms in total. The van der Waals surface area contributed by atoms with Crippen LogP contribution in [-0.2, 0) is 11.3 Å². The Morgan fingerprint density at radius 3 is 2.37 bits per heavy atom. The Labute approximate surface area is 115 Å². The van der Waals surface area contributed by atoms with Gasteiger partial charge in [-0.25, -0.2) is 0 Å². The van der Waals surface area contributed by atoms with Crippen molar-refractivity contribution in [1.29, 1.82) is 0 Å². The molecule has 2 rings (SSSR count). The number of hydrogen-bond donors (Lipinski definition) is 1. The van der Waals surface area contributed by atoms with Gasteiger partial charge in [0.25, 0.3) is 0 Å². The van der Waals surface area contributed by atoms with E-state index in [1.54, 1.807) is 6.20 Å². The van der Waals surface area contributed by atoms with E-state index in [0.717, 1.165) is 30.0 Å². The molecule has 1 aromatic rings. The van der Waals surface area contributed by atoms with Crippen molar-refractivity contribution in [2.24, 2.45) is 0 Å². The lowest BCUT2D eigenvalue weighted by Gasteiger charge is -2.48. The van der Waals surface area contributed by atoms with Gasteiger partial charge in [-0.2, -0.15) is 0 Å². The van der Waals surface area contributed by atoms with E-state index in [9.17, 15) is 5.11 Å². The average molecular weight is 264 g/mol. The van der Waals surface area contributed by atoms with Gasteiger partial charge >= 0.3 is 0 Å². The van der Waals surface area contributed by atoms with Gasteiger partial charge < -0.3 is 14.7 Å². The van der Waals surface area contributed by atoms with Crippen LogP contribution in [0.2, 0.25) is 0 Å². The number of anilines is 1. The van der Waals surface area contributed by atoms with Crippen molar-refractivity contribution >= 4 is 5.69 Å². The zero-order valence-electron chi connectivity index (χ0n) is 12.5. The molecule has 0 unspecified atom stereocenters. The topological polar surface area (TPSA) is 45.6 Å². The van der Waals surface area contributed by atoms with E-state index < -0.39 is 0 Å². The standard InChI is InChI=1S/C15H24N2O2/c1-11-6-13(12(8-18)7-16-11)17-9-14(2,3)19-15(4,5)10-17/h6-7,18H,8-10H2,1-5H3. The molecule has 2 heterocycles. The van der Waals surface area contributed by atoms with Crippen LogP contribution in [-0.4, -0.2) is 34.4 Å². The molecular formula is C15H24N2O2. The lowest BCUT2D eigenvalue weighted by atomic mass is 9.97. The first-order chi connectivity index (χ1) is 8.72. The monoisotopic (exact) mass is 264 g/mol. The SMILES string of the molecule is Cc1cc(N2CC(C)(C)OC(C)(C)C2)c(CO)cn1. The zero-order chi connectivity index (χ0) is 14.3. The summed E-state index contributed by atoms with van der Waals surface area (Å²) < 4.78 is 6.10. The molecule has 1 N–H and O–H groups in total. The normalized spacial score (nSPS) is 21.5. The van der Waals surface area contributed by atoms with Gasteiger partial charge in [0.15, 0.2) is 0 Å². The first-order valence-corrected chi connectivity index (χ1v) is 6.74. The molecule has 0 aromatic carbocycles. The largest absolute Gasteiger partial charge is 0.392 e. The number of ether oxygens (including phenoxy) is 1. The van der Waals surface area contributed by atoms with Crippen LogP contribution in [0.1, 0.15) is 39.0 Å². The van der Waals surface area contributed by atoms with Crippen LogP contribution in [0.15, 0.2) is 12.3 Å². The predicted octanol–water partition coefficient (Wildman–Crippen LogP) is 2.28. The maximum absolute atomic E-state index is 9.50. The predicted molar refractivity (Wildman–Crippen MR) is 76.4 cm³/mol. The number of aromatic nitrogens is 1. The van der Waals surface area contributed by atoms with Crippen molar-refractivity contribution in [2.75, 3.05) is 18.0 Å². The highest BCUT2D eigenvalue weighted by Gasteiger charge is 2.38. The van der Waals surface area contributed by atoms with Crippen molar-refractivity contribution in [1.82, 2.24) is 4.98 Å². The molecule has 1 fully saturated rings. The number of nitrogens with zero attached hydrogens (tertiary/aromatic N) is 2. The second-order valence-corrected chi connectivity index (χ2v) is 6.59. The van der Waals surface area contributed by atoms with Gasteiger partial charge in [0, 0.05) is 36.2 Å². The summed E-state index contributed by atoms with van der Waals surface area (Å²) >= 11 is 0. The minimum Gasteiger partial charge on any atom is -0.392 e. The van der Waals surface area contributed by atoms with Crippen LogP contribution in [0.25, 0.3) is 0 Å². The summed E-state index contributed by atoms with van der Waals surface area (Å²) in [5.74, 6) is 0. The third kappa shape index (κ3) is 3.25. The van der Waals surface area contributed by atoms with Crippen LogP contribution >= 0.6 is 0 Å². The number of hydrogen-bond acceptors (Lipinski definition) is 4. The van der Waals surface area contributed by atoms with Crippen molar-refractivity contribution in [3.05, 3.63) is 23.5 Å². The van der Waals surface area contributed by atoms with Crippen molar-refractivity contribution < 1.29 is 9.84 Å². The van der Waals surface area contributed by atoms with Gasteiger partial charge in [-0.1, -0.05) is 0 Å². The second kappa shape index (κ2) is 4.76. The first kappa shape index (κ1) is 14.3. The van der Waals surface area contributed by atoms with Crippen molar-refractivity contribution in [3.63, 3.8) is 0 Å². The molecule has 0 saturated carbocycles. The quantitative estimate of drug-likeness (QED) is 0.890. The molecule has 0 spiro atoms. The molecule has 0 aliphatic carbocycles. The van der Waals surface area contributed by atoms with Gasteiger partial charge in [-0.15, -0.1) is 0 Å². The molecule has 0 radical (unpaired) electrons. The number of pyridine rings is 1. The second-order valence-electron chi connectivity index (χ2n) is 6.59. The molecule has 19 heavy (non-hydrogen) atoms. The molecule has 0 bridgehead atoms. The number of rotatable bonds is 2. The maximum atomic E-state index is 9.50. The van der Waals surface area contributed by atoms with Crippen molar-refractivity contribution in [2.45, 2.75) is 52.4 Å². The smallest absolute Gasteiger partial charge is 0.0808 e. The summed E-state index contributed by atoms with van der Waals surface area (Å²) in [5.41, 5.74) is 2.50. The van der Waals surface area contributed by atoms with E-state index in [2.05, 4.69) is 37.6 Å². The van der Waals surface area contributed by atoms with E-state index in [0.29, 0.717) is 0 Å². The molecule has 1 aliphatic rings. The summed E-state index contributed by atoms with van der Waals surface area (Å²) in [6.07, 6.45) is 1.76. The van der Waals surface area contributed by atoms with E-state index in [1.807, 2.05) is 13.0 Å². The Hall–Kier alpha value is -1.13. The van der Waals surface area contributed by atoms with Gasteiger partial charge in [0.2, 0.25) is 0 Å². The third-order valence-corrected chi connectivity index (χ3v) is 3.31. The fourth-order valence-electron chi connectivity index (χ4n) is 2.95. The summed E-state index contributed by atoms with van der Waals surface area (Å²) in [5, 5.41) is 9.50. The number of aliphatic hydroxyl groups excluding tert-OH is 1. The van der Waals surface area contributed by atoms with Crippen LogP contribution in [0.4, 0.5) is 5.69 Å². The summed E-state index contributed by atoms with van der Waals surface area (Å²) in [7, 11) is 0. The molecular weight excluding hydrogens is 240 g/mol. The molecule has 1 aliphatic heterocycles. The molecule has 0 amide bonds. The highest BCUT2D eigenvalue weighted by Crippen LogP contribution is 2.33. The number of aliphatic hydroxyl groups is 1. The molecule has 4 heteroatoms. The average Bonchev–Trinajstić information content (AvgIpc) is 2.24. The third-order valence-electron chi connectivity index (χ3n) is 3.31. The molecule has 106 valence electrons. The Balaban J connectivity index is 2.38. The van der Waals surface area contributed by atoms with E-state index in [4.69, 9.17) is 4.74 Å². The Bertz CT molecular complexity index is 453. The fourth-order valence-corrected chi connectivity index (χ4v) is 2.95. The van der Waals surface area contributed by atoms with Crippen LogP contribution < -0.4 is 4.90 Å². The Morgan fingerprint density at radius 2 is 1.84 bits per heavy atom. The van der Waals surface area contributed by atoms with Crippen LogP contribution in [0.5, 0.6) is 0 Å². The van der Waals surface area contributed by atoms with Crippen LogP contribution in [0, 0.1) is 6.92 Å². The van der Waals surface area contributed by atoms with Crippen molar-refractivity contribution in [3.8, 4) is 0 Å². The fraction of sp³-hybridized carbons (Fsp3) is 0.667. The summed E-state index contributed by atoms with van der Waals surface area (Å²) in [6.45, 7) is 12.0. The molecule has 0 atom stereocenters. The lowest BCUT2D eigenvalue weighted by molar-refractivity contribution is -0.133. The molecule has 1 aromatic heterocycles. The number of aryl methyl sites for hydroxylation is 1. The highest BCUT2D eigenvalue weighted by molar-refractivity contribution is 5.54. The lowest BCUT2D eigenvalue weighted by Crippen LogP contribution is -2.57. The van der Waals surface area contributed by atoms with E-state index >= 15 is 0 Å². The summed E-state index contributed by atoms with van der Waals surface area (Å²) in [6, 6.07) is 2.04. The van der Waals surface area contributed by atoms with Crippen LogP contribution in [0.3, 0.4) is 0 Å². The van der Waals surface area contributed by atoms with Gasteiger partial charge in [-0.05, 0) is 40.7 Å². The number of morpholine rings is 1. The Morgan fingerprint density at radius 1 is 1.26 bits per heavy atom. The maximum Gasteiger partial charge on any atom is 0.0808 e. The zero-order valence-corrected chi connectivity index (χ0v) is 12.5. The molecule has 1 saturated heterocycles. The minimum atomic E-state index is -0.203.